The zero-order valence-corrected chi connectivity index (χ0v) is 14.7. The predicted octanol–water partition coefficient (Wildman–Crippen LogP) is 2.76. The largest absolute Gasteiger partial charge is 0.435 e. The Morgan fingerprint density at radius 2 is 2.09 bits per heavy atom. The van der Waals surface area contributed by atoms with Crippen LogP contribution in [0.3, 0.4) is 0 Å². The standard InChI is InChI=1S/C16H28O5S/c1-9(2)12-6-5-10(3)7-13(12)20-15(18)16-21-14(8-22-16)19-11(4)17/h9-10,12-16,18H,5-8H2,1-4H3/t10-,12+,13-,14-,15?,16-/m1/s1. The van der Waals surface area contributed by atoms with E-state index in [9.17, 15) is 9.90 Å². The van der Waals surface area contributed by atoms with Crippen LogP contribution in [0.1, 0.15) is 47.0 Å². The summed E-state index contributed by atoms with van der Waals surface area (Å²) in [7, 11) is 0. The van der Waals surface area contributed by atoms with Crippen molar-refractivity contribution >= 4 is 17.7 Å². The van der Waals surface area contributed by atoms with Crippen LogP contribution in [0.4, 0.5) is 0 Å². The molecule has 2 fully saturated rings. The summed E-state index contributed by atoms with van der Waals surface area (Å²) in [5.74, 6) is 1.79. The lowest BCUT2D eigenvalue weighted by molar-refractivity contribution is -0.225. The average molecular weight is 332 g/mol. The van der Waals surface area contributed by atoms with Crippen molar-refractivity contribution in [3.05, 3.63) is 0 Å². The van der Waals surface area contributed by atoms with Gasteiger partial charge >= 0.3 is 5.97 Å². The number of ether oxygens (including phenoxy) is 3. The zero-order valence-electron chi connectivity index (χ0n) is 13.9. The lowest BCUT2D eigenvalue weighted by atomic mass is 9.75. The summed E-state index contributed by atoms with van der Waals surface area (Å²) in [6.45, 7) is 8.00. The van der Waals surface area contributed by atoms with Crippen molar-refractivity contribution in [2.45, 2.75) is 71.1 Å². The third kappa shape index (κ3) is 4.85. The highest BCUT2D eigenvalue weighted by molar-refractivity contribution is 8.00. The van der Waals surface area contributed by atoms with Gasteiger partial charge in [0.05, 0.1) is 11.9 Å². The van der Waals surface area contributed by atoms with Gasteiger partial charge in [-0.05, 0) is 30.6 Å². The van der Waals surface area contributed by atoms with Crippen LogP contribution in [0.15, 0.2) is 0 Å². The van der Waals surface area contributed by atoms with Gasteiger partial charge in [-0.3, -0.25) is 4.79 Å². The summed E-state index contributed by atoms with van der Waals surface area (Å²) in [6, 6.07) is 0. The number of hydrogen-bond donors (Lipinski definition) is 1. The highest BCUT2D eigenvalue weighted by Gasteiger charge is 2.38. The summed E-state index contributed by atoms with van der Waals surface area (Å²) in [6.07, 6.45) is 1.84. The van der Waals surface area contributed by atoms with Gasteiger partial charge in [-0.2, -0.15) is 0 Å². The van der Waals surface area contributed by atoms with E-state index in [2.05, 4.69) is 20.8 Å². The van der Waals surface area contributed by atoms with Gasteiger partial charge in [0.1, 0.15) is 0 Å². The molecule has 0 aromatic heterocycles. The zero-order chi connectivity index (χ0) is 16.3. The van der Waals surface area contributed by atoms with Gasteiger partial charge in [0.2, 0.25) is 6.29 Å². The molecular formula is C16H28O5S. The van der Waals surface area contributed by atoms with E-state index in [4.69, 9.17) is 14.2 Å². The van der Waals surface area contributed by atoms with Crippen molar-refractivity contribution < 1.29 is 24.1 Å². The normalized spacial score (nSPS) is 37.3. The van der Waals surface area contributed by atoms with Crippen LogP contribution >= 0.6 is 11.8 Å². The molecule has 1 aliphatic carbocycles. The van der Waals surface area contributed by atoms with Gasteiger partial charge in [-0.25, -0.2) is 0 Å². The summed E-state index contributed by atoms with van der Waals surface area (Å²) >= 11 is 1.43. The first-order chi connectivity index (χ1) is 10.4. The highest BCUT2D eigenvalue weighted by Crippen LogP contribution is 2.37. The Hall–Kier alpha value is -0.300. The first-order valence-corrected chi connectivity index (χ1v) is 9.19. The van der Waals surface area contributed by atoms with Crippen molar-refractivity contribution in [1.29, 1.82) is 0 Å². The molecule has 1 N–H and O–H groups in total. The quantitative estimate of drug-likeness (QED) is 0.617. The van der Waals surface area contributed by atoms with Crippen LogP contribution in [0.2, 0.25) is 0 Å². The molecule has 0 aromatic rings. The molecule has 1 saturated heterocycles. The number of esters is 1. The van der Waals surface area contributed by atoms with Crippen molar-refractivity contribution in [2.75, 3.05) is 5.75 Å². The van der Waals surface area contributed by atoms with Gasteiger partial charge in [-0.1, -0.05) is 27.2 Å². The van der Waals surface area contributed by atoms with E-state index >= 15 is 0 Å². The van der Waals surface area contributed by atoms with Crippen molar-refractivity contribution in [2.24, 2.45) is 17.8 Å². The van der Waals surface area contributed by atoms with E-state index in [1.54, 1.807) is 0 Å². The Morgan fingerprint density at radius 1 is 1.36 bits per heavy atom. The molecular weight excluding hydrogens is 304 g/mol. The Morgan fingerprint density at radius 3 is 2.73 bits per heavy atom. The lowest BCUT2D eigenvalue weighted by Gasteiger charge is -2.38. The van der Waals surface area contributed by atoms with Gasteiger partial charge in [0.25, 0.3) is 0 Å². The summed E-state index contributed by atoms with van der Waals surface area (Å²) in [5, 5.41) is 10.3. The molecule has 1 heterocycles. The van der Waals surface area contributed by atoms with Crippen LogP contribution in [0, 0.1) is 17.8 Å². The van der Waals surface area contributed by atoms with E-state index in [0.29, 0.717) is 23.5 Å². The molecule has 6 atom stereocenters. The predicted molar refractivity (Wildman–Crippen MR) is 85.1 cm³/mol. The molecule has 1 unspecified atom stereocenters. The Kier molecular flexibility index (Phi) is 6.56. The number of hydrogen-bond acceptors (Lipinski definition) is 6. The van der Waals surface area contributed by atoms with E-state index in [0.717, 1.165) is 12.8 Å². The highest BCUT2D eigenvalue weighted by atomic mass is 32.2. The fourth-order valence-corrected chi connectivity index (χ4v) is 4.24. The second kappa shape index (κ2) is 7.99. The van der Waals surface area contributed by atoms with Gasteiger partial charge in [0, 0.05) is 6.92 Å². The molecule has 2 aliphatic rings. The van der Waals surface area contributed by atoms with E-state index in [1.807, 2.05) is 0 Å². The molecule has 128 valence electrons. The minimum atomic E-state index is -0.984. The summed E-state index contributed by atoms with van der Waals surface area (Å²) < 4.78 is 16.5. The number of carbonyl (C=O) groups is 1. The average Bonchev–Trinajstić information content (AvgIpc) is 2.86. The van der Waals surface area contributed by atoms with Crippen LogP contribution in [-0.4, -0.2) is 40.9 Å². The van der Waals surface area contributed by atoms with Crippen molar-refractivity contribution in [3.63, 3.8) is 0 Å². The van der Waals surface area contributed by atoms with E-state index in [-0.39, 0.29) is 12.1 Å². The number of aliphatic hydroxyl groups is 1. The van der Waals surface area contributed by atoms with Gasteiger partial charge in [-0.15, -0.1) is 11.8 Å². The Balaban J connectivity index is 1.87. The van der Waals surface area contributed by atoms with Crippen LogP contribution < -0.4 is 0 Å². The fraction of sp³-hybridized carbons (Fsp3) is 0.938. The number of carbonyl (C=O) groups excluding carboxylic acids is 1. The smallest absolute Gasteiger partial charge is 0.304 e. The molecule has 2 rings (SSSR count). The monoisotopic (exact) mass is 332 g/mol. The molecule has 22 heavy (non-hydrogen) atoms. The van der Waals surface area contributed by atoms with Crippen molar-refractivity contribution in [3.8, 4) is 0 Å². The third-order valence-corrected chi connectivity index (χ3v) is 5.63. The lowest BCUT2D eigenvalue weighted by Crippen LogP contribution is -2.40. The van der Waals surface area contributed by atoms with E-state index < -0.39 is 18.0 Å². The van der Waals surface area contributed by atoms with Crippen LogP contribution in [0.5, 0.6) is 0 Å². The maximum absolute atomic E-state index is 10.9. The second-order valence-electron chi connectivity index (χ2n) is 6.77. The molecule has 0 bridgehead atoms. The van der Waals surface area contributed by atoms with Gasteiger partial charge in [0.15, 0.2) is 11.7 Å². The maximum Gasteiger partial charge on any atom is 0.304 e. The summed E-state index contributed by atoms with van der Waals surface area (Å²) in [5.41, 5.74) is -0.491. The fourth-order valence-electron chi connectivity index (χ4n) is 3.31. The third-order valence-electron chi connectivity index (χ3n) is 4.49. The number of rotatable bonds is 5. The second-order valence-corrected chi connectivity index (χ2v) is 7.90. The first-order valence-electron chi connectivity index (χ1n) is 8.14. The van der Waals surface area contributed by atoms with Crippen LogP contribution in [-0.2, 0) is 19.0 Å². The Bertz CT molecular complexity index is 376. The molecule has 0 amide bonds. The minimum absolute atomic E-state index is 0.0655. The van der Waals surface area contributed by atoms with Gasteiger partial charge < -0.3 is 19.3 Å². The minimum Gasteiger partial charge on any atom is -0.435 e. The summed E-state index contributed by atoms with van der Waals surface area (Å²) in [4.78, 5) is 10.9. The topological polar surface area (TPSA) is 65.0 Å². The number of thioether (sulfide) groups is 1. The molecule has 1 aliphatic heterocycles. The molecule has 6 heteroatoms. The molecule has 0 radical (unpaired) electrons. The maximum atomic E-state index is 10.9. The molecule has 0 spiro atoms. The molecule has 5 nitrogen and oxygen atoms in total. The SMILES string of the molecule is CC(=O)O[C@H]1CS[C@H](C(O)O[C@@H]2C[C@H](C)CC[C@H]2C(C)C)O1. The number of aliphatic hydroxyl groups excluding tert-OH is 1. The first kappa shape index (κ1) is 18.0. The molecule has 0 aromatic carbocycles. The van der Waals surface area contributed by atoms with Crippen LogP contribution in [0.25, 0.3) is 0 Å². The van der Waals surface area contributed by atoms with Crippen molar-refractivity contribution in [1.82, 2.24) is 0 Å². The Labute approximate surface area is 137 Å². The van der Waals surface area contributed by atoms with E-state index in [1.165, 1.54) is 25.1 Å². The molecule has 1 saturated carbocycles.